The fraction of sp³-hybridized carbons (Fsp3) is 0.222. The molecule has 0 aliphatic carbocycles. The van der Waals surface area contributed by atoms with Crippen molar-refractivity contribution in [1.29, 1.82) is 0 Å². The number of amides is 2. The molecule has 0 saturated heterocycles. The minimum Gasteiger partial charge on any atom is -0.311 e. The Morgan fingerprint density at radius 1 is 1.08 bits per heavy atom. The van der Waals surface area contributed by atoms with Gasteiger partial charge in [-0.1, -0.05) is 30.3 Å². The van der Waals surface area contributed by atoms with Gasteiger partial charge in [-0.25, -0.2) is 8.42 Å². The maximum Gasteiger partial charge on any atom is 0.270 e. The van der Waals surface area contributed by atoms with Crippen LogP contribution < -0.4 is 9.73 Å². The molecule has 0 fully saturated rings. The van der Waals surface area contributed by atoms with Crippen LogP contribution in [0, 0.1) is 0 Å². The van der Waals surface area contributed by atoms with Crippen molar-refractivity contribution in [3.05, 3.63) is 59.7 Å². The number of anilines is 1. The van der Waals surface area contributed by atoms with Crippen LogP contribution in [0.15, 0.2) is 53.4 Å². The normalized spacial score (nSPS) is 18.2. The van der Waals surface area contributed by atoms with Gasteiger partial charge in [0.05, 0.1) is 10.5 Å². The van der Waals surface area contributed by atoms with Gasteiger partial charge in [0.25, 0.3) is 15.9 Å². The highest BCUT2D eigenvalue weighted by Crippen LogP contribution is 2.27. The van der Waals surface area contributed by atoms with E-state index in [2.05, 4.69) is 4.83 Å². The van der Waals surface area contributed by atoms with Crippen LogP contribution >= 0.6 is 0 Å². The summed E-state index contributed by atoms with van der Waals surface area (Å²) in [5.74, 6) is -0.860. The van der Waals surface area contributed by atoms with Crippen LogP contribution in [0.25, 0.3) is 0 Å². The average molecular weight is 371 g/mol. The Morgan fingerprint density at radius 2 is 1.81 bits per heavy atom. The number of carbonyl (C=O) groups is 2. The number of hydrogen-bond donors (Lipinski definition) is 1. The van der Waals surface area contributed by atoms with Gasteiger partial charge < -0.3 is 4.90 Å². The van der Waals surface area contributed by atoms with Crippen molar-refractivity contribution < 1.29 is 18.0 Å². The lowest BCUT2D eigenvalue weighted by molar-refractivity contribution is -0.119. The predicted molar refractivity (Wildman–Crippen MR) is 94.9 cm³/mol. The van der Waals surface area contributed by atoms with Crippen molar-refractivity contribution in [1.82, 2.24) is 9.84 Å². The first-order valence-electron chi connectivity index (χ1n) is 8.29. The number of sulfonamides is 1. The first kappa shape index (κ1) is 16.7. The van der Waals surface area contributed by atoms with E-state index in [0.29, 0.717) is 6.54 Å². The lowest BCUT2D eigenvalue weighted by Crippen LogP contribution is -2.54. The highest BCUT2D eigenvalue weighted by Gasteiger charge is 2.36. The smallest absolute Gasteiger partial charge is 0.270 e. The molecule has 0 aromatic heterocycles. The zero-order valence-corrected chi connectivity index (χ0v) is 14.7. The van der Waals surface area contributed by atoms with Crippen LogP contribution in [-0.4, -0.2) is 38.3 Å². The number of aryl methyl sites for hydroxylation is 1. The van der Waals surface area contributed by atoms with E-state index in [1.807, 2.05) is 24.3 Å². The number of nitrogens with zero attached hydrogens (tertiary/aromatic N) is 2. The van der Waals surface area contributed by atoms with Crippen molar-refractivity contribution in [2.45, 2.75) is 17.7 Å². The summed E-state index contributed by atoms with van der Waals surface area (Å²) in [5.41, 5.74) is 1.96. The number of para-hydroxylation sites is 1. The Kier molecular flexibility index (Phi) is 4.01. The maximum atomic E-state index is 12.8. The fourth-order valence-electron chi connectivity index (χ4n) is 3.38. The van der Waals surface area contributed by atoms with Gasteiger partial charge in [0, 0.05) is 12.2 Å². The molecule has 2 aliphatic heterocycles. The van der Waals surface area contributed by atoms with Gasteiger partial charge in [-0.3, -0.25) is 14.6 Å². The van der Waals surface area contributed by atoms with E-state index in [1.165, 1.54) is 12.1 Å². The van der Waals surface area contributed by atoms with Crippen LogP contribution in [-0.2, 0) is 21.2 Å². The molecule has 2 aliphatic rings. The van der Waals surface area contributed by atoms with Crippen LogP contribution in [0.1, 0.15) is 22.3 Å². The SMILES string of the molecule is O=C1c2ccccc2S(=O)(=O)NN1CC(=O)N1CCCc2ccccc21. The number of rotatable bonds is 2. The monoisotopic (exact) mass is 371 g/mol. The van der Waals surface area contributed by atoms with E-state index in [9.17, 15) is 18.0 Å². The summed E-state index contributed by atoms with van der Waals surface area (Å²) in [4.78, 5) is 29.1. The molecule has 2 aromatic rings. The number of hydrogen-bond acceptors (Lipinski definition) is 4. The summed E-state index contributed by atoms with van der Waals surface area (Å²) < 4.78 is 24.7. The standard InChI is InChI=1S/C18H17N3O4S/c22-17(20-11-5-7-13-6-1-3-9-15(13)20)12-21-18(23)14-8-2-4-10-16(14)26(24,25)19-21/h1-4,6,8-10,19H,5,7,11-12H2. The zero-order valence-electron chi connectivity index (χ0n) is 13.9. The molecular formula is C18H17N3O4S. The third-order valence-corrected chi connectivity index (χ3v) is 5.98. The minimum absolute atomic E-state index is 0.0677. The van der Waals surface area contributed by atoms with Crippen molar-refractivity contribution in [2.24, 2.45) is 0 Å². The Morgan fingerprint density at radius 3 is 2.65 bits per heavy atom. The van der Waals surface area contributed by atoms with E-state index in [0.717, 1.165) is 29.1 Å². The molecule has 134 valence electrons. The molecule has 2 aromatic carbocycles. The largest absolute Gasteiger partial charge is 0.311 e. The molecule has 0 spiro atoms. The van der Waals surface area contributed by atoms with Gasteiger partial charge in [0.1, 0.15) is 6.54 Å². The lowest BCUT2D eigenvalue weighted by atomic mass is 10.0. The number of carbonyl (C=O) groups excluding carboxylic acids is 2. The van der Waals surface area contributed by atoms with Gasteiger partial charge in [0.2, 0.25) is 5.91 Å². The Balaban J connectivity index is 1.61. The van der Waals surface area contributed by atoms with Gasteiger partial charge in [-0.15, -0.1) is 4.83 Å². The Bertz CT molecular complexity index is 1000. The number of hydrazine groups is 1. The Labute approximate surface area is 151 Å². The quantitative estimate of drug-likeness (QED) is 0.862. The molecule has 2 amide bonds. The maximum absolute atomic E-state index is 12.8. The second-order valence-electron chi connectivity index (χ2n) is 6.26. The summed E-state index contributed by atoms with van der Waals surface area (Å²) in [6.07, 6.45) is 1.72. The molecule has 7 nitrogen and oxygen atoms in total. The van der Waals surface area contributed by atoms with E-state index in [1.54, 1.807) is 17.0 Å². The van der Waals surface area contributed by atoms with Gasteiger partial charge in [-0.2, -0.15) is 0 Å². The summed E-state index contributed by atoms with van der Waals surface area (Å²) in [7, 11) is -3.88. The van der Waals surface area contributed by atoms with Gasteiger partial charge in [-0.05, 0) is 36.6 Å². The van der Waals surface area contributed by atoms with E-state index < -0.39 is 15.9 Å². The van der Waals surface area contributed by atoms with Crippen molar-refractivity contribution in [3.63, 3.8) is 0 Å². The van der Waals surface area contributed by atoms with Gasteiger partial charge >= 0.3 is 0 Å². The third kappa shape index (κ3) is 2.77. The highest BCUT2D eigenvalue weighted by atomic mass is 32.2. The topological polar surface area (TPSA) is 86.8 Å². The lowest BCUT2D eigenvalue weighted by Gasteiger charge is -2.33. The molecule has 0 unspecified atom stereocenters. The molecule has 0 radical (unpaired) electrons. The summed E-state index contributed by atoms with van der Waals surface area (Å²) in [6.45, 7) is 0.182. The highest BCUT2D eigenvalue weighted by molar-refractivity contribution is 7.89. The number of benzene rings is 2. The molecule has 0 saturated carbocycles. The molecule has 0 bridgehead atoms. The summed E-state index contributed by atoms with van der Waals surface area (Å²) in [6, 6.07) is 13.6. The van der Waals surface area contributed by atoms with E-state index in [4.69, 9.17) is 0 Å². The molecule has 1 N–H and O–H groups in total. The summed E-state index contributed by atoms with van der Waals surface area (Å²) in [5, 5.41) is 0.872. The van der Waals surface area contributed by atoms with Crippen molar-refractivity contribution in [2.75, 3.05) is 18.0 Å². The zero-order chi connectivity index (χ0) is 18.3. The minimum atomic E-state index is -3.88. The second-order valence-corrected chi connectivity index (χ2v) is 7.89. The molecule has 2 heterocycles. The van der Waals surface area contributed by atoms with Crippen molar-refractivity contribution >= 4 is 27.5 Å². The Hall–Kier alpha value is -2.71. The average Bonchev–Trinajstić information content (AvgIpc) is 2.65. The van der Waals surface area contributed by atoms with E-state index in [-0.39, 0.29) is 22.9 Å². The van der Waals surface area contributed by atoms with Crippen LogP contribution in [0.4, 0.5) is 5.69 Å². The third-order valence-electron chi connectivity index (χ3n) is 4.59. The van der Waals surface area contributed by atoms with Gasteiger partial charge in [0.15, 0.2) is 0 Å². The molecule has 26 heavy (non-hydrogen) atoms. The second kappa shape index (κ2) is 6.22. The van der Waals surface area contributed by atoms with Crippen molar-refractivity contribution in [3.8, 4) is 0 Å². The van der Waals surface area contributed by atoms with E-state index >= 15 is 0 Å². The number of fused-ring (bicyclic) bond motifs is 2. The van der Waals surface area contributed by atoms with Crippen LogP contribution in [0.3, 0.4) is 0 Å². The predicted octanol–water partition coefficient (Wildman–Crippen LogP) is 1.32. The first-order valence-corrected chi connectivity index (χ1v) is 9.77. The van der Waals surface area contributed by atoms with Crippen LogP contribution in [0.2, 0.25) is 0 Å². The first-order chi connectivity index (χ1) is 12.5. The number of nitrogens with one attached hydrogen (secondary N) is 1. The summed E-state index contributed by atoms with van der Waals surface area (Å²) >= 11 is 0. The molecular weight excluding hydrogens is 354 g/mol. The molecule has 4 rings (SSSR count). The fourth-order valence-corrected chi connectivity index (χ4v) is 4.61. The van der Waals surface area contributed by atoms with Crippen LogP contribution in [0.5, 0.6) is 0 Å². The molecule has 8 heteroatoms. The molecule has 0 atom stereocenters.